The molecule has 162 valence electrons. The summed E-state index contributed by atoms with van der Waals surface area (Å²) in [7, 11) is 1.83. The molecular formula is C23H27N5O2S. The minimum atomic E-state index is -0.331. The first-order valence-electron chi connectivity index (χ1n) is 10.0. The van der Waals surface area contributed by atoms with E-state index in [2.05, 4.69) is 20.8 Å². The molecule has 0 radical (unpaired) electrons. The monoisotopic (exact) mass is 437 g/mol. The molecule has 8 heteroatoms. The minimum Gasteiger partial charge on any atom is -0.342 e. The summed E-state index contributed by atoms with van der Waals surface area (Å²) < 4.78 is 1.81. The fourth-order valence-electron chi connectivity index (χ4n) is 3.31. The molecule has 7 nitrogen and oxygen atoms in total. The molecule has 3 aromatic rings. The highest BCUT2D eigenvalue weighted by atomic mass is 32.2. The van der Waals surface area contributed by atoms with Gasteiger partial charge in [0.25, 0.3) is 5.91 Å². The molecule has 0 unspecified atom stereocenters. The van der Waals surface area contributed by atoms with E-state index in [4.69, 9.17) is 0 Å². The minimum absolute atomic E-state index is 0.104. The fourth-order valence-corrected chi connectivity index (χ4v) is 4.03. The lowest BCUT2D eigenvalue weighted by Crippen LogP contribution is -2.29. The van der Waals surface area contributed by atoms with Crippen LogP contribution >= 0.6 is 11.8 Å². The van der Waals surface area contributed by atoms with Gasteiger partial charge in [0.15, 0.2) is 11.0 Å². The van der Waals surface area contributed by atoms with E-state index in [1.807, 2.05) is 71.1 Å². The number of rotatable bonds is 7. The maximum absolute atomic E-state index is 12.6. The summed E-state index contributed by atoms with van der Waals surface area (Å²) in [5, 5.41) is 15.0. The predicted octanol–water partition coefficient (Wildman–Crippen LogP) is 3.96. The zero-order valence-electron chi connectivity index (χ0n) is 18.4. The molecule has 31 heavy (non-hydrogen) atoms. The summed E-state index contributed by atoms with van der Waals surface area (Å²) >= 11 is 1.31. The van der Waals surface area contributed by atoms with Crippen molar-refractivity contribution >= 4 is 29.3 Å². The number of amides is 2. The van der Waals surface area contributed by atoms with Gasteiger partial charge in [-0.25, -0.2) is 0 Å². The lowest BCUT2D eigenvalue weighted by atomic mass is 10.1. The van der Waals surface area contributed by atoms with Gasteiger partial charge in [0.1, 0.15) is 0 Å². The molecule has 0 aliphatic carbocycles. The second-order valence-electron chi connectivity index (χ2n) is 7.51. The summed E-state index contributed by atoms with van der Waals surface area (Å²) in [5.74, 6) is 0.576. The van der Waals surface area contributed by atoms with Crippen LogP contribution in [0.1, 0.15) is 45.8 Å². The van der Waals surface area contributed by atoms with Crippen molar-refractivity contribution in [3.05, 3.63) is 70.5 Å². The number of para-hydroxylation sites is 1. The van der Waals surface area contributed by atoms with Crippen LogP contribution in [0.25, 0.3) is 0 Å². The maximum Gasteiger partial charge on any atom is 0.252 e. The summed E-state index contributed by atoms with van der Waals surface area (Å²) in [5.41, 5.74) is 4.44. The number of anilines is 1. The Balaban J connectivity index is 1.61. The summed E-state index contributed by atoms with van der Waals surface area (Å²) in [6.45, 7) is 7.71. The molecule has 0 saturated heterocycles. The third kappa shape index (κ3) is 5.32. The van der Waals surface area contributed by atoms with E-state index in [0.717, 1.165) is 22.4 Å². The van der Waals surface area contributed by atoms with Gasteiger partial charge < -0.3 is 15.2 Å². The Bertz CT molecular complexity index is 1090. The quantitative estimate of drug-likeness (QED) is 0.546. The molecule has 0 bridgehead atoms. The van der Waals surface area contributed by atoms with Gasteiger partial charge in [-0.05, 0) is 50.5 Å². The van der Waals surface area contributed by atoms with Crippen LogP contribution in [0.15, 0.2) is 47.6 Å². The Kier molecular flexibility index (Phi) is 7.12. The first-order chi connectivity index (χ1) is 14.8. The number of hydrogen-bond acceptors (Lipinski definition) is 5. The van der Waals surface area contributed by atoms with E-state index < -0.39 is 0 Å². The molecule has 0 spiro atoms. The van der Waals surface area contributed by atoms with Gasteiger partial charge in [-0.1, -0.05) is 48.2 Å². The van der Waals surface area contributed by atoms with Crippen LogP contribution in [-0.2, 0) is 11.8 Å². The van der Waals surface area contributed by atoms with Crippen LogP contribution in [0.4, 0.5) is 5.69 Å². The van der Waals surface area contributed by atoms with Crippen molar-refractivity contribution < 1.29 is 9.59 Å². The van der Waals surface area contributed by atoms with E-state index in [-0.39, 0.29) is 23.6 Å². The molecule has 1 aromatic heterocycles. The molecule has 0 fully saturated rings. The Labute approximate surface area is 186 Å². The van der Waals surface area contributed by atoms with E-state index in [1.165, 1.54) is 11.8 Å². The van der Waals surface area contributed by atoms with Crippen molar-refractivity contribution in [2.24, 2.45) is 7.05 Å². The number of carbonyl (C=O) groups excluding carboxylic acids is 2. The van der Waals surface area contributed by atoms with Crippen LogP contribution in [0, 0.1) is 20.8 Å². The van der Waals surface area contributed by atoms with Gasteiger partial charge in [0.05, 0.1) is 11.8 Å². The van der Waals surface area contributed by atoms with E-state index in [9.17, 15) is 9.59 Å². The third-order valence-corrected chi connectivity index (χ3v) is 6.09. The standard InChI is InChI=1S/C23H27N5O2S/c1-14-9-6-7-12-18(14)22(30)24-17(4)21-26-27-23(28(21)5)31-13-19(29)25-20-15(2)10-8-11-16(20)3/h6-12,17H,13H2,1-5H3,(H,24,30)(H,25,29)/t17-/m0/s1. The van der Waals surface area contributed by atoms with Gasteiger partial charge >= 0.3 is 0 Å². The van der Waals surface area contributed by atoms with Crippen molar-refractivity contribution in [3.8, 4) is 0 Å². The van der Waals surface area contributed by atoms with Gasteiger partial charge in [0, 0.05) is 18.3 Å². The van der Waals surface area contributed by atoms with Gasteiger partial charge in [-0.2, -0.15) is 0 Å². The molecule has 1 heterocycles. The highest BCUT2D eigenvalue weighted by Gasteiger charge is 2.20. The Hall–Kier alpha value is -3.13. The SMILES string of the molecule is Cc1ccccc1C(=O)N[C@@H](C)c1nnc(SCC(=O)Nc2c(C)cccc2C)n1C. The van der Waals surface area contributed by atoms with Gasteiger partial charge in [-0.3, -0.25) is 9.59 Å². The normalized spacial score (nSPS) is 11.8. The number of thioether (sulfide) groups is 1. The lowest BCUT2D eigenvalue weighted by Gasteiger charge is -2.14. The highest BCUT2D eigenvalue weighted by Crippen LogP contribution is 2.22. The second-order valence-corrected chi connectivity index (χ2v) is 8.46. The van der Waals surface area contributed by atoms with Crippen LogP contribution in [0.3, 0.4) is 0 Å². The molecule has 2 aromatic carbocycles. The lowest BCUT2D eigenvalue weighted by molar-refractivity contribution is -0.113. The van der Waals surface area contributed by atoms with Crippen molar-refractivity contribution in [1.29, 1.82) is 0 Å². The van der Waals surface area contributed by atoms with E-state index in [0.29, 0.717) is 16.5 Å². The Morgan fingerprint density at radius 3 is 2.32 bits per heavy atom. The Morgan fingerprint density at radius 2 is 1.65 bits per heavy atom. The average Bonchev–Trinajstić information content (AvgIpc) is 3.10. The summed E-state index contributed by atoms with van der Waals surface area (Å²) in [6.07, 6.45) is 0. The molecule has 3 rings (SSSR count). The van der Waals surface area contributed by atoms with Crippen molar-refractivity contribution in [3.63, 3.8) is 0 Å². The number of aryl methyl sites for hydroxylation is 3. The number of carbonyl (C=O) groups is 2. The molecule has 1 atom stereocenters. The number of aromatic nitrogens is 3. The number of nitrogens with one attached hydrogen (secondary N) is 2. The van der Waals surface area contributed by atoms with Crippen molar-refractivity contribution in [2.45, 2.75) is 38.9 Å². The molecule has 0 saturated carbocycles. The smallest absolute Gasteiger partial charge is 0.252 e. The fraction of sp³-hybridized carbons (Fsp3) is 0.304. The molecule has 2 N–H and O–H groups in total. The van der Waals surface area contributed by atoms with Crippen molar-refractivity contribution in [1.82, 2.24) is 20.1 Å². The zero-order chi connectivity index (χ0) is 22.5. The molecule has 0 aliphatic rings. The molecule has 2 amide bonds. The summed E-state index contributed by atoms with van der Waals surface area (Å²) in [4.78, 5) is 25.0. The Morgan fingerprint density at radius 1 is 1.00 bits per heavy atom. The van der Waals surface area contributed by atoms with Crippen molar-refractivity contribution in [2.75, 3.05) is 11.1 Å². The van der Waals surface area contributed by atoms with Crippen LogP contribution in [-0.4, -0.2) is 32.3 Å². The topological polar surface area (TPSA) is 88.9 Å². The average molecular weight is 438 g/mol. The molecule has 0 aliphatic heterocycles. The number of hydrogen-bond donors (Lipinski definition) is 2. The first kappa shape index (κ1) is 22.6. The highest BCUT2D eigenvalue weighted by molar-refractivity contribution is 7.99. The maximum atomic E-state index is 12.6. The summed E-state index contributed by atoms with van der Waals surface area (Å²) in [6, 6.07) is 13.0. The molecular weight excluding hydrogens is 410 g/mol. The van der Waals surface area contributed by atoms with Gasteiger partial charge in [-0.15, -0.1) is 10.2 Å². The van der Waals surface area contributed by atoms with Crippen LogP contribution in [0.2, 0.25) is 0 Å². The van der Waals surface area contributed by atoms with Crippen LogP contribution < -0.4 is 10.6 Å². The predicted molar refractivity (Wildman–Crippen MR) is 123 cm³/mol. The van der Waals surface area contributed by atoms with Crippen LogP contribution in [0.5, 0.6) is 0 Å². The first-order valence-corrected chi connectivity index (χ1v) is 11.0. The van der Waals surface area contributed by atoms with E-state index >= 15 is 0 Å². The number of nitrogens with zero attached hydrogens (tertiary/aromatic N) is 3. The zero-order valence-corrected chi connectivity index (χ0v) is 19.2. The second kappa shape index (κ2) is 9.78. The largest absolute Gasteiger partial charge is 0.342 e. The third-order valence-electron chi connectivity index (χ3n) is 5.07. The van der Waals surface area contributed by atoms with Gasteiger partial charge in [0.2, 0.25) is 5.91 Å². The van der Waals surface area contributed by atoms with E-state index in [1.54, 1.807) is 10.6 Å². The number of benzene rings is 2.